The van der Waals surface area contributed by atoms with Gasteiger partial charge in [-0.25, -0.2) is 0 Å². The van der Waals surface area contributed by atoms with Gasteiger partial charge in [-0.1, -0.05) is 207 Å². The maximum Gasteiger partial charge on any atom is 0.306 e. The molecule has 6 heteroatoms. The molecule has 0 aliphatic heterocycles. The molecule has 66 heavy (non-hydrogen) atoms. The van der Waals surface area contributed by atoms with Crippen LogP contribution in [0.3, 0.4) is 0 Å². The number of hydrogen-bond acceptors (Lipinski definition) is 6. The van der Waals surface area contributed by atoms with Gasteiger partial charge in [0, 0.05) is 19.3 Å². The Balaban J connectivity index is 4.42. The normalized spacial score (nSPS) is 13.0. The third kappa shape index (κ3) is 51.1. The summed E-state index contributed by atoms with van der Waals surface area (Å²) < 4.78 is 16.8. The van der Waals surface area contributed by atoms with E-state index in [9.17, 15) is 14.4 Å². The fourth-order valence-electron chi connectivity index (χ4n) is 6.99. The van der Waals surface area contributed by atoms with Gasteiger partial charge in [-0.2, -0.15) is 0 Å². The first kappa shape index (κ1) is 62.1. The maximum absolute atomic E-state index is 12.8. The molecule has 0 fully saturated rings. The second-order valence-corrected chi connectivity index (χ2v) is 17.4. The molecule has 0 N–H and O–H groups in total. The van der Waals surface area contributed by atoms with E-state index >= 15 is 0 Å². The molecule has 0 heterocycles. The van der Waals surface area contributed by atoms with E-state index in [1.165, 1.54) is 51.4 Å². The lowest BCUT2D eigenvalue weighted by Crippen LogP contribution is -2.30. The van der Waals surface area contributed by atoms with Crippen LogP contribution in [0.15, 0.2) is 109 Å². The van der Waals surface area contributed by atoms with E-state index in [0.717, 1.165) is 141 Å². The lowest BCUT2D eigenvalue weighted by molar-refractivity contribution is -0.167. The van der Waals surface area contributed by atoms with Crippen molar-refractivity contribution in [2.75, 3.05) is 13.2 Å². The molecule has 0 saturated heterocycles. The van der Waals surface area contributed by atoms with Gasteiger partial charge in [0.15, 0.2) is 6.10 Å². The van der Waals surface area contributed by atoms with Crippen molar-refractivity contribution in [3.63, 3.8) is 0 Å². The first-order valence-electron chi connectivity index (χ1n) is 26.9. The van der Waals surface area contributed by atoms with E-state index in [0.29, 0.717) is 19.3 Å². The number of ether oxygens (including phenoxy) is 3. The Morgan fingerprint density at radius 2 is 0.591 bits per heavy atom. The standard InChI is InChI=1S/C60H98O6/c1-4-7-10-13-16-19-22-25-27-28-29-30-31-32-33-36-38-41-44-47-50-53-59(62)65-56-57(55-64-58(61)52-49-46-43-40-37-34-24-21-18-15-12-9-6-3)66-60(63)54-51-48-45-42-39-35-26-23-20-17-14-11-8-5-2/h7,9-10,12,14,16-19,21,23,25-27,29-30,34,37,57H,4-6,8,11,13,15,20,22,24,28,31-33,35-36,38-56H2,1-3H3/b10-7-,12-9-,17-14-,19-16-,21-18-,26-23-,27-25-,30-29-,37-34-. The molecule has 6 nitrogen and oxygen atoms in total. The van der Waals surface area contributed by atoms with Crippen LogP contribution in [0.5, 0.6) is 0 Å². The fourth-order valence-corrected chi connectivity index (χ4v) is 6.99. The SMILES string of the molecule is CC/C=C\C/C=C\C/C=C\C/C=C\CCCCCCCCCCC(=O)OCC(COC(=O)CCCCC/C=C\C/C=C\C/C=C\CC)OC(=O)CCCCCCC/C=C\C/C=C\CCCC. The Hall–Kier alpha value is -3.93. The van der Waals surface area contributed by atoms with Gasteiger partial charge in [0.1, 0.15) is 13.2 Å². The molecule has 1 unspecified atom stereocenters. The molecule has 1 atom stereocenters. The topological polar surface area (TPSA) is 78.9 Å². The largest absolute Gasteiger partial charge is 0.462 e. The van der Waals surface area contributed by atoms with Gasteiger partial charge in [-0.15, -0.1) is 0 Å². The van der Waals surface area contributed by atoms with Crippen molar-refractivity contribution >= 4 is 17.9 Å². The molecule has 374 valence electrons. The summed E-state index contributed by atoms with van der Waals surface area (Å²) in [5.74, 6) is -0.955. The van der Waals surface area contributed by atoms with E-state index in [1.54, 1.807) is 0 Å². The van der Waals surface area contributed by atoms with Gasteiger partial charge in [0.2, 0.25) is 0 Å². The number of hydrogen-bond donors (Lipinski definition) is 0. The molecule has 0 aliphatic carbocycles. The predicted octanol–water partition coefficient (Wildman–Crippen LogP) is 17.9. The Labute approximate surface area is 406 Å². The zero-order valence-electron chi connectivity index (χ0n) is 42.7. The van der Waals surface area contributed by atoms with E-state index < -0.39 is 6.10 Å². The van der Waals surface area contributed by atoms with Crippen molar-refractivity contribution in [1.82, 2.24) is 0 Å². The summed E-state index contributed by atoms with van der Waals surface area (Å²) in [5.41, 5.74) is 0. The van der Waals surface area contributed by atoms with Crippen LogP contribution in [0.4, 0.5) is 0 Å². The number of rotatable bonds is 47. The van der Waals surface area contributed by atoms with Crippen LogP contribution in [0.25, 0.3) is 0 Å². The Morgan fingerprint density at radius 1 is 0.318 bits per heavy atom. The Kier molecular flexibility index (Phi) is 50.5. The van der Waals surface area contributed by atoms with Gasteiger partial charge in [0.25, 0.3) is 0 Å². The van der Waals surface area contributed by atoms with Crippen molar-refractivity contribution in [2.24, 2.45) is 0 Å². The molecule has 0 radical (unpaired) electrons. The molecular formula is C60H98O6. The van der Waals surface area contributed by atoms with E-state index in [1.807, 2.05) is 0 Å². The number of allylic oxidation sites excluding steroid dienone is 18. The van der Waals surface area contributed by atoms with Gasteiger partial charge in [-0.05, 0) is 116 Å². The van der Waals surface area contributed by atoms with E-state index in [4.69, 9.17) is 14.2 Å². The van der Waals surface area contributed by atoms with E-state index in [2.05, 4.69) is 130 Å². The number of unbranched alkanes of at least 4 members (excludes halogenated alkanes) is 18. The molecule has 0 amide bonds. The van der Waals surface area contributed by atoms with Crippen molar-refractivity contribution < 1.29 is 28.6 Å². The van der Waals surface area contributed by atoms with Crippen LogP contribution in [0.1, 0.15) is 233 Å². The average Bonchev–Trinajstić information content (AvgIpc) is 3.31. The summed E-state index contributed by atoms with van der Waals surface area (Å²) in [6.07, 6.45) is 72.2. The van der Waals surface area contributed by atoms with Crippen molar-refractivity contribution in [3.8, 4) is 0 Å². The number of esters is 3. The van der Waals surface area contributed by atoms with Gasteiger partial charge in [-0.3, -0.25) is 14.4 Å². The number of carbonyl (C=O) groups is 3. The Morgan fingerprint density at radius 3 is 0.939 bits per heavy atom. The van der Waals surface area contributed by atoms with Gasteiger partial charge in [0.05, 0.1) is 0 Å². The zero-order valence-corrected chi connectivity index (χ0v) is 42.7. The number of carbonyl (C=O) groups excluding carboxylic acids is 3. The van der Waals surface area contributed by atoms with E-state index in [-0.39, 0.29) is 31.1 Å². The molecule has 0 saturated carbocycles. The first-order valence-corrected chi connectivity index (χ1v) is 26.9. The van der Waals surface area contributed by atoms with Crippen LogP contribution in [0.2, 0.25) is 0 Å². The Bertz CT molecular complexity index is 1370. The highest BCUT2D eigenvalue weighted by Crippen LogP contribution is 2.14. The third-order valence-electron chi connectivity index (χ3n) is 11.0. The smallest absolute Gasteiger partial charge is 0.306 e. The minimum Gasteiger partial charge on any atom is -0.462 e. The second kappa shape index (κ2) is 53.7. The van der Waals surface area contributed by atoms with Crippen molar-refractivity contribution in [1.29, 1.82) is 0 Å². The quantitative estimate of drug-likeness (QED) is 0.0262. The maximum atomic E-state index is 12.8. The first-order chi connectivity index (χ1) is 32.5. The lowest BCUT2D eigenvalue weighted by atomic mass is 10.1. The van der Waals surface area contributed by atoms with Crippen LogP contribution in [-0.4, -0.2) is 37.2 Å². The molecule has 0 aromatic carbocycles. The minimum absolute atomic E-state index is 0.0994. The zero-order chi connectivity index (χ0) is 47.9. The minimum atomic E-state index is -0.802. The average molecular weight is 915 g/mol. The van der Waals surface area contributed by atoms with Gasteiger partial charge < -0.3 is 14.2 Å². The van der Waals surface area contributed by atoms with Crippen LogP contribution in [0, 0.1) is 0 Å². The highest BCUT2D eigenvalue weighted by Gasteiger charge is 2.19. The van der Waals surface area contributed by atoms with Crippen LogP contribution >= 0.6 is 0 Å². The summed E-state index contributed by atoms with van der Waals surface area (Å²) in [6.45, 7) is 6.32. The summed E-state index contributed by atoms with van der Waals surface area (Å²) in [6, 6.07) is 0. The molecule has 0 aromatic heterocycles. The molecule has 0 aliphatic rings. The fraction of sp³-hybridized carbons (Fsp3) is 0.650. The van der Waals surface area contributed by atoms with Crippen LogP contribution < -0.4 is 0 Å². The third-order valence-corrected chi connectivity index (χ3v) is 11.0. The monoisotopic (exact) mass is 915 g/mol. The molecule has 0 aromatic rings. The van der Waals surface area contributed by atoms with Crippen molar-refractivity contribution in [2.45, 2.75) is 239 Å². The lowest BCUT2D eigenvalue weighted by Gasteiger charge is -2.18. The summed E-state index contributed by atoms with van der Waals surface area (Å²) in [5, 5.41) is 0. The molecule has 0 rings (SSSR count). The van der Waals surface area contributed by atoms with Gasteiger partial charge >= 0.3 is 17.9 Å². The summed E-state index contributed by atoms with van der Waals surface area (Å²) in [4.78, 5) is 38.0. The molecule has 0 bridgehead atoms. The predicted molar refractivity (Wildman–Crippen MR) is 283 cm³/mol. The highest BCUT2D eigenvalue weighted by molar-refractivity contribution is 5.71. The second-order valence-electron chi connectivity index (χ2n) is 17.4. The summed E-state index contributed by atoms with van der Waals surface area (Å²) >= 11 is 0. The van der Waals surface area contributed by atoms with Crippen LogP contribution in [-0.2, 0) is 28.6 Å². The molecular weight excluding hydrogens is 817 g/mol. The highest BCUT2D eigenvalue weighted by atomic mass is 16.6. The summed E-state index contributed by atoms with van der Waals surface area (Å²) in [7, 11) is 0. The van der Waals surface area contributed by atoms with Crippen molar-refractivity contribution in [3.05, 3.63) is 109 Å². The molecule has 0 spiro atoms.